The molecule has 2 aromatic carbocycles. The van der Waals surface area contributed by atoms with Gasteiger partial charge in [-0.15, -0.1) is 0 Å². The number of carbonyl (C=O) groups is 2. The summed E-state index contributed by atoms with van der Waals surface area (Å²) in [5.74, 6) is -3.00. The predicted molar refractivity (Wildman–Crippen MR) is 185 cm³/mol. The Morgan fingerprint density at radius 3 is 2.35 bits per heavy atom. The van der Waals surface area contributed by atoms with Crippen molar-refractivity contribution in [1.29, 1.82) is 0 Å². The predicted octanol–water partition coefficient (Wildman–Crippen LogP) is -0.755. The zero-order valence-corrected chi connectivity index (χ0v) is 28.4. The lowest BCUT2D eigenvalue weighted by Gasteiger charge is -2.35. The number of aryl methyl sites for hydroxylation is 1. The molecular formula is C36H43N5O11. The van der Waals surface area contributed by atoms with Crippen LogP contribution in [0.25, 0.3) is 0 Å². The number of carbonyl (C=O) groups excluding carboxylic acids is 2. The van der Waals surface area contributed by atoms with Gasteiger partial charge in [0, 0.05) is 43.5 Å². The monoisotopic (exact) mass is 721 g/mol. The molecule has 3 aliphatic heterocycles. The summed E-state index contributed by atoms with van der Waals surface area (Å²) < 4.78 is 17.8. The summed E-state index contributed by atoms with van der Waals surface area (Å²) in [6, 6.07) is 17.5. The number of ether oxygens (including phenoxy) is 3. The van der Waals surface area contributed by atoms with Crippen molar-refractivity contribution in [3.05, 3.63) is 110 Å². The molecule has 4 heterocycles. The molecule has 3 aliphatic rings. The van der Waals surface area contributed by atoms with Gasteiger partial charge in [0.2, 0.25) is 12.2 Å². The van der Waals surface area contributed by atoms with E-state index in [1.165, 1.54) is 11.1 Å². The fourth-order valence-electron chi connectivity index (χ4n) is 6.85. The number of piperidine rings is 1. The van der Waals surface area contributed by atoms with E-state index in [0.717, 1.165) is 60.1 Å². The highest BCUT2D eigenvalue weighted by molar-refractivity contribution is 5.91. The van der Waals surface area contributed by atoms with Gasteiger partial charge in [0.25, 0.3) is 11.5 Å². The standard InChI is InChI=1S/C36H43N5O11/c1-19-2-6-21(7-3-19)22-10-13-40(14-11-22)23-8-4-20(5-9-23)17-38-33(48)26-16-25(43)29(46)35(50-26)52-31(32(37)47)30-24(18-42)28(45)34(51-30)41-15-12-27(44)39-36(41)49/h2-9,12,15-16,22,24-25,28-31,34-35,42-43,45-46H,10-11,13-14,17-18H2,1H3,(H2,37,47)(H,38,48)(H,39,44,49). The first kappa shape index (κ1) is 36.9. The largest absolute Gasteiger partial charge is 0.456 e. The Morgan fingerprint density at radius 1 is 1.02 bits per heavy atom. The van der Waals surface area contributed by atoms with Gasteiger partial charge in [-0.25, -0.2) is 4.79 Å². The first-order valence-electron chi connectivity index (χ1n) is 17.1. The normalized spacial score (nSPS) is 27.1. The van der Waals surface area contributed by atoms with Gasteiger partial charge in [0.05, 0.1) is 6.61 Å². The lowest BCUT2D eigenvalue weighted by molar-refractivity contribution is -0.239. The molecule has 8 N–H and O–H groups in total. The molecule has 2 saturated heterocycles. The Balaban J connectivity index is 1.05. The number of benzene rings is 2. The number of aromatic nitrogens is 2. The zero-order valence-electron chi connectivity index (χ0n) is 28.4. The molecule has 1 aromatic heterocycles. The highest BCUT2D eigenvalue weighted by atomic mass is 16.7. The smallest absolute Gasteiger partial charge is 0.330 e. The Labute approximate surface area is 298 Å². The van der Waals surface area contributed by atoms with Crippen molar-refractivity contribution in [3.63, 3.8) is 0 Å². The minimum Gasteiger partial charge on any atom is -0.456 e. The van der Waals surface area contributed by atoms with E-state index in [1.807, 2.05) is 29.2 Å². The topological polar surface area (TPSA) is 239 Å². The summed E-state index contributed by atoms with van der Waals surface area (Å²) in [7, 11) is 0. The number of H-pyrrole nitrogens is 1. The molecule has 2 amide bonds. The molecule has 2 fully saturated rings. The van der Waals surface area contributed by atoms with E-state index in [4.69, 9.17) is 19.9 Å². The highest BCUT2D eigenvalue weighted by Crippen LogP contribution is 2.37. The molecule has 0 radical (unpaired) electrons. The van der Waals surface area contributed by atoms with Gasteiger partial charge in [-0.1, -0.05) is 42.0 Å². The van der Waals surface area contributed by atoms with Crippen LogP contribution in [0.3, 0.4) is 0 Å². The van der Waals surface area contributed by atoms with Crippen molar-refractivity contribution < 1.29 is 44.2 Å². The molecule has 3 aromatic rings. The van der Waals surface area contributed by atoms with Crippen LogP contribution in [-0.2, 0) is 30.3 Å². The molecule has 8 atom stereocenters. The van der Waals surface area contributed by atoms with Crippen LogP contribution in [0, 0.1) is 12.8 Å². The quantitative estimate of drug-likeness (QED) is 0.129. The maximum Gasteiger partial charge on any atom is 0.330 e. The number of nitrogens with two attached hydrogens (primary N) is 1. The van der Waals surface area contributed by atoms with Crippen molar-refractivity contribution in [2.75, 3.05) is 24.6 Å². The number of hydrogen-bond acceptors (Lipinski definition) is 12. The van der Waals surface area contributed by atoms with Crippen LogP contribution in [0.2, 0.25) is 0 Å². The van der Waals surface area contributed by atoms with Gasteiger partial charge in [-0.2, -0.15) is 0 Å². The van der Waals surface area contributed by atoms with E-state index in [0.29, 0.717) is 5.92 Å². The third-order valence-corrected chi connectivity index (χ3v) is 9.86. The molecule has 278 valence electrons. The Kier molecular flexibility index (Phi) is 11.2. The molecule has 0 aliphatic carbocycles. The average Bonchev–Trinajstić information content (AvgIpc) is 3.46. The van der Waals surface area contributed by atoms with E-state index in [9.17, 15) is 39.6 Å². The summed E-state index contributed by atoms with van der Waals surface area (Å²) in [6.45, 7) is 3.31. The first-order chi connectivity index (χ1) is 24.9. The van der Waals surface area contributed by atoms with Crippen molar-refractivity contribution >= 4 is 17.5 Å². The number of primary amides is 1. The van der Waals surface area contributed by atoms with Gasteiger partial charge in [0.1, 0.15) is 24.4 Å². The number of hydrogen-bond donors (Lipinski definition) is 7. The Morgan fingerprint density at radius 2 is 1.71 bits per heavy atom. The van der Waals surface area contributed by atoms with Crippen LogP contribution >= 0.6 is 0 Å². The number of rotatable bonds is 11. The second-order valence-corrected chi connectivity index (χ2v) is 13.3. The summed E-state index contributed by atoms with van der Waals surface area (Å²) in [6.07, 6.45) is -7.42. The van der Waals surface area contributed by atoms with Crippen LogP contribution in [0.4, 0.5) is 5.69 Å². The van der Waals surface area contributed by atoms with Gasteiger partial charge < -0.3 is 50.6 Å². The Hall–Kier alpha value is -4.84. The number of nitrogens with one attached hydrogen (secondary N) is 2. The SMILES string of the molecule is Cc1ccc(C2CCN(c3ccc(CNC(=O)C4=CC(O)C(O)C(OC(C(N)=O)C5OC(n6ccc(=O)[nH]c6=O)C(O)C5CO)O4)cc3)CC2)cc1. The van der Waals surface area contributed by atoms with Crippen molar-refractivity contribution in [2.24, 2.45) is 11.7 Å². The van der Waals surface area contributed by atoms with Crippen molar-refractivity contribution in [1.82, 2.24) is 14.9 Å². The van der Waals surface area contributed by atoms with Crippen LogP contribution in [-0.4, -0.2) is 98.3 Å². The fourth-order valence-corrected chi connectivity index (χ4v) is 6.85. The molecular weight excluding hydrogens is 678 g/mol. The van der Waals surface area contributed by atoms with E-state index in [-0.39, 0.29) is 6.54 Å². The molecule has 8 unspecified atom stereocenters. The van der Waals surface area contributed by atoms with Crippen LogP contribution in [0.15, 0.2) is 82.2 Å². The molecule has 16 heteroatoms. The number of anilines is 1. The summed E-state index contributed by atoms with van der Waals surface area (Å²) in [5.41, 5.74) is 8.47. The molecule has 52 heavy (non-hydrogen) atoms. The molecule has 0 saturated carbocycles. The number of amides is 2. The highest BCUT2D eigenvalue weighted by Gasteiger charge is 2.51. The van der Waals surface area contributed by atoms with Crippen LogP contribution in [0.5, 0.6) is 0 Å². The molecule has 16 nitrogen and oxygen atoms in total. The summed E-state index contributed by atoms with van der Waals surface area (Å²) in [4.78, 5) is 54.0. The average molecular weight is 722 g/mol. The zero-order chi connectivity index (χ0) is 37.1. The number of nitrogens with zero attached hydrogens (tertiary/aromatic N) is 2. The van der Waals surface area contributed by atoms with Crippen molar-refractivity contribution in [3.8, 4) is 0 Å². The maximum atomic E-state index is 13.1. The fraction of sp³-hybridized carbons (Fsp3) is 0.444. The molecule has 0 bridgehead atoms. The summed E-state index contributed by atoms with van der Waals surface area (Å²) in [5, 5.41) is 44.8. The minimum absolute atomic E-state index is 0.112. The van der Waals surface area contributed by atoms with Crippen molar-refractivity contribution in [2.45, 2.75) is 75.3 Å². The third-order valence-electron chi connectivity index (χ3n) is 9.86. The van der Waals surface area contributed by atoms with Gasteiger partial charge in [0.15, 0.2) is 18.1 Å². The second-order valence-electron chi connectivity index (χ2n) is 13.3. The number of aromatic amines is 1. The first-order valence-corrected chi connectivity index (χ1v) is 17.1. The summed E-state index contributed by atoms with van der Waals surface area (Å²) >= 11 is 0. The molecule has 6 rings (SSSR count). The Bertz CT molecular complexity index is 1870. The van der Waals surface area contributed by atoms with E-state index in [2.05, 4.69) is 41.4 Å². The lowest BCUT2D eigenvalue weighted by Crippen LogP contribution is -2.53. The van der Waals surface area contributed by atoms with Gasteiger partial charge >= 0.3 is 5.69 Å². The minimum atomic E-state index is -1.82. The lowest BCUT2D eigenvalue weighted by atomic mass is 9.89. The molecule has 0 spiro atoms. The third kappa shape index (κ3) is 7.96. The van der Waals surface area contributed by atoms with E-state index < -0.39 is 84.4 Å². The maximum absolute atomic E-state index is 13.1. The van der Waals surface area contributed by atoms with Gasteiger partial charge in [-0.3, -0.25) is 23.9 Å². The number of aliphatic hydroxyl groups excluding tert-OH is 4. The van der Waals surface area contributed by atoms with E-state index >= 15 is 0 Å². The second kappa shape index (κ2) is 15.8. The van der Waals surface area contributed by atoms with Crippen LogP contribution in [0.1, 0.15) is 41.7 Å². The van der Waals surface area contributed by atoms with E-state index in [1.54, 1.807) is 0 Å². The van der Waals surface area contributed by atoms with Gasteiger partial charge in [-0.05, 0) is 55.0 Å². The number of aliphatic hydroxyl groups is 4. The van der Waals surface area contributed by atoms with Crippen LogP contribution < -0.4 is 27.2 Å².